The molecule has 0 bridgehead atoms. The lowest BCUT2D eigenvalue weighted by Gasteiger charge is -2.12. The van der Waals surface area contributed by atoms with Gasteiger partial charge in [-0.05, 0) is 46.3 Å². The van der Waals surface area contributed by atoms with Crippen LogP contribution in [0.2, 0.25) is 0 Å². The molecule has 7 nitrogen and oxygen atoms in total. The number of benzene rings is 2. The van der Waals surface area contributed by atoms with Crippen LogP contribution in [0.5, 0.6) is 17.2 Å². The van der Waals surface area contributed by atoms with Crippen molar-refractivity contribution in [2.45, 2.75) is 6.42 Å². The lowest BCUT2D eigenvalue weighted by atomic mass is 10.1. The van der Waals surface area contributed by atoms with Crippen molar-refractivity contribution in [1.29, 1.82) is 0 Å². The number of carboxylic acids is 1. The fourth-order valence-corrected chi connectivity index (χ4v) is 2.84. The number of fused-ring (bicyclic) bond motifs is 1. The average molecular weight is 408 g/mol. The Hall–Kier alpha value is -2.74. The maximum absolute atomic E-state index is 12.5. The van der Waals surface area contributed by atoms with E-state index in [1.165, 1.54) is 18.2 Å². The molecular weight excluding hydrogens is 394 g/mol. The Bertz CT molecular complexity index is 851. The van der Waals surface area contributed by atoms with Crippen molar-refractivity contribution in [2.75, 3.05) is 18.5 Å². The van der Waals surface area contributed by atoms with Gasteiger partial charge in [-0.2, -0.15) is 0 Å². The summed E-state index contributed by atoms with van der Waals surface area (Å²) in [7, 11) is 0. The van der Waals surface area contributed by atoms with E-state index in [0.29, 0.717) is 34.7 Å². The van der Waals surface area contributed by atoms with Crippen molar-refractivity contribution in [2.24, 2.45) is 0 Å². The predicted molar refractivity (Wildman–Crippen MR) is 92.8 cm³/mol. The summed E-state index contributed by atoms with van der Waals surface area (Å²) in [5.41, 5.74) is 0.268. The summed E-state index contributed by atoms with van der Waals surface area (Å²) in [5.74, 6) is -1.08. The molecule has 3 rings (SSSR count). The number of ether oxygens (including phenoxy) is 2. The second kappa shape index (κ2) is 7.02. The van der Waals surface area contributed by atoms with Gasteiger partial charge in [-0.25, -0.2) is 4.79 Å². The number of halogens is 1. The molecule has 130 valence electrons. The van der Waals surface area contributed by atoms with Crippen LogP contribution in [-0.2, 0) is 0 Å². The third-order valence-corrected chi connectivity index (χ3v) is 4.22. The summed E-state index contributed by atoms with van der Waals surface area (Å²) < 4.78 is 11.7. The predicted octanol–water partition coefficient (Wildman–Crippen LogP) is 3.27. The van der Waals surface area contributed by atoms with Gasteiger partial charge in [0, 0.05) is 16.6 Å². The molecule has 1 heterocycles. The van der Waals surface area contributed by atoms with Crippen molar-refractivity contribution < 1.29 is 29.3 Å². The first-order chi connectivity index (χ1) is 12.0. The Kier molecular flexibility index (Phi) is 4.80. The number of hydrogen-bond donors (Lipinski definition) is 3. The number of anilines is 1. The lowest BCUT2D eigenvalue weighted by Crippen LogP contribution is -2.13. The summed E-state index contributed by atoms with van der Waals surface area (Å²) >= 11 is 3.33. The highest BCUT2D eigenvalue weighted by Crippen LogP contribution is 2.35. The van der Waals surface area contributed by atoms with E-state index in [0.717, 1.165) is 6.42 Å². The molecule has 0 saturated heterocycles. The van der Waals surface area contributed by atoms with Crippen LogP contribution in [0.25, 0.3) is 0 Å². The van der Waals surface area contributed by atoms with Gasteiger partial charge in [0.1, 0.15) is 11.3 Å². The number of amides is 1. The highest BCUT2D eigenvalue weighted by Gasteiger charge is 2.19. The molecule has 25 heavy (non-hydrogen) atoms. The molecule has 1 amide bonds. The maximum atomic E-state index is 12.5. The fraction of sp³-hybridized carbons (Fsp3) is 0.176. The van der Waals surface area contributed by atoms with Crippen molar-refractivity contribution in [3.63, 3.8) is 0 Å². The minimum absolute atomic E-state index is 0.249. The molecule has 0 saturated carbocycles. The molecule has 0 unspecified atom stereocenters. The zero-order chi connectivity index (χ0) is 18.0. The van der Waals surface area contributed by atoms with Crippen LogP contribution in [0.4, 0.5) is 5.69 Å². The Morgan fingerprint density at radius 2 is 1.72 bits per heavy atom. The third-order valence-electron chi connectivity index (χ3n) is 3.57. The van der Waals surface area contributed by atoms with Gasteiger partial charge in [0.25, 0.3) is 5.91 Å². The van der Waals surface area contributed by atoms with E-state index in [9.17, 15) is 14.7 Å². The smallest absolute Gasteiger partial charge is 0.339 e. The highest BCUT2D eigenvalue weighted by molar-refractivity contribution is 9.10. The summed E-state index contributed by atoms with van der Waals surface area (Å²) in [5, 5.41) is 21.2. The molecule has 0 atom stereocenters. The van der Waals surface area contributed by atoms with E-state index in [-0.39, 0.29) is 17.0 Å². The van der Waals surface area contributed by atoms with Gasteiger partial charge in [-0.3, -0.25) is 4.79 Å². The summed E-state index contributed by atoms with van der Waals surface area (Å²) in [6.07, 6.45) is 0.749. The average Bonchev–Trinajstić information content (AvgIpc) is 2.80. The standard InChI is InChI=1S/C17H14BrNO6/c18-12-8-15-14(24-4-1-5-25-15)7-10(12)16(21)19-9-2-3-13(20)11(6-9)17(22)23/h2-3,6-8,20H,1,4-5H2,(H,19,21)(H,22,23). The van der Waals surface area contributed by atoms with Crippen molar-refractivity contribution in [3.8, 4) is 17.2 Å². The second-order valence-electron chi connectivity index (χ2n) is 5.32. The van der Waals surface area contributed by atoms with E-state index in [1.807, 2.05) is 0 Å². The number of carbonyl (C=O) groups is 2. The summed E-state index contributed by atoms with van der Waals surface area (Å²) in [6.45, 7) is 1.03. The number of phenols is 1. The molecule has 0 aromatic heterocycles. The lowest BCUT2D eigenvalue weighted by molar-refractivity contribution is 0.0693. The van der Waals surface area contributed by atoms with Crippen LogP contribution in [0, 0.1) is 0 Å². The van der Waals surface area contributed by atoms with Crippen LogP contribution in [-0.4, -0.2) is 35.3 Å². The monoisotopic (exact) mass is 407 g/mol. The van der Waals surface area contributed by atoms with Gasteiger partial charge >= 0.3 is 5.97 Å². The number of aromatic carboxylic acids is 1. The molecule has 1 aliphatic rings. The number of hydrogen-bond acceptors (Lipinski definition) is 5. The maximum Gasteiger partial charge on any atom is 0.339 e. The van der Waals surface area contributed by atoms with Gasteiger partial charge in [-0.15, -0.1) is 0 Å². The van der Waals surface area contributed by atoms with Crippen molar-refractivity contribution in [3.05, 3.63) is 45.9 Å². The van der Waals surface area contributed by atoms with Crippen molar-refractivity contribution in [1.82, 2.24) is 0 Å². The minimum atomic E-state index is -1.29. The molecule has 0 radical (unpaired) electrons. The fourth-order valence-electron chi connectivity index (χ4n) is 2.34. The first kappa shape index (κ1) is 17.1. The van der Waals surface area contributed by atoms with E-state index in [4.69, 9.17) is 14.6 Å². The van der Waals surface area contributed by atoms with Crippen LogP contribution < -0.4 is 14.8 Å². The van der Waals surface area contributed by atoms with Crippen LogP contribution in [0.1, 0.15) is 27.1 Å². The molecule has 2 aromatic rings. The SMILES string of the molecule is O=C(O)c1cc(NC(=O)c2cc3c(cc2Br)OCCCO3)ccc1O. The zero-order valence-electron chi connectivity index (χ0n) is 12.9. The van der Waals surface area contributed by atoms with Crippen LogP contribution in [0.15, 0.2) is 34.8 Å². The molecule has 3 N–H and O–H groups in total. The molecule has 2 aromatic carbocycles. The minimum Gasteiger partial charge on any atom is -0.507 e. The molecular formula is C17H14BrNO6. The molecule has 0 fully saturated rings. The second-order valence-corrected chi connectivity index (χ2v) is 6.17. The molecule has 8 heteroatoms. The Balaban J connectivity index is 1.88. The van der Waals surface area contributed by atoms with Gasteiger partial charge in [0.05, 0.1) is 18.8 Å². The van der Waals surface area contributed by atoms with E-state index >= 15 is 0 Å². The van der Waals surface area contributed by atoms with Crippen LogP contribution >= 0.6 is 15.9 Å². The van der Waals surface area contributed by atoms with Crippen LogP contribution in [0.3, 0.4) is 0 Å². The third kappa shape index (κ3) is 3.69. The number of nitrogens with one attached hydrogen (secondary N) is 1. The first-order valence-corrected chi connectivity index (χ1v) is 8.22. The summed E-state index contributed by atoms with van der Waals surface area (Å²) in [6, 6.07) is 7.04. The Morgan fingerprint density at radius 1 is 1.04 bits per heavy atom. The van der Waals surface area contributed by atoms with E-state index in [2.05, 4.69) is 21.2 Å². The molecule has 1 aliphatic heterocycles. The number of carbonyl (C=O) groups excluding carboxylic acids is 1. The van der Waals surface area contributed by atoms with Crippen molar-refractivity contribution >= 4 is 33.5 Å². The Labute approximate surface area is 151 Å². The van der Waals surface area contributed by atoms with Gasteiger partial charge in [0.15, 0.2) is 11.5 Å². The number of carboxylic acid groups (broad SMARTS) is 1. The zero-order valence-corrected chi connectivity index (χ0v) is 14.5. The quantitative estimate of drug-likeness (QED) is 0.674. The van der Waals surface area contributed by atoms with Gasteiger partial charge in [-0.1, -0.05) is 0 Å². The largest absolute Gasteiger partial charge is 0.507 e. The van der Waals surface area contributed by atoms with Gasteiger partial charge in [0.2, 0.25) is 0 Å². The number of rotatable bonds is 3. The highest BCUT2D eigenvalue weighted by atomic mass is 79.9. The molecule has 0 spiro atoms. The Morgan fingerprint density at radius 3 is 2.40 bits per heavy atom. The molecule has 0 aliphatic carbocycles. The topological polar surface area (TPSA) is 105 Å². The first-order valence-electron chi connectivity index (χ1n) is 7.42. The summed E-state index contributed by atoms with van der Waals surface area (Å²) in [4.78, 5) is 23.6. The van der Waals surface area contributed by atoms with E-state index < -0.39 is 11.9 Å². The van der Waals surface area contributed by atoms with E-state index in [1.54, 1.807) is 12.1 Å². The van der Waals surface area contributed by atoms with Gasteiger partial charge < -0.3 is 25.0 Å². The number of aromatic hydroxyl groups is 1. The normalized spacial score (nSPS) is 13.0.